The molecule has 2 N–H and O–H groups in total. The third-order valence-corrected chi connectivity index (χ3v) is 4.26. The number of H-pyrrole nitrogens is 1. The van der Waals surface area contributed by atoms with Crippen LogP contribution in [0.15, 0.2) is 24.5 Å². The highest BCUT2D eigenvalue weighted by molar-refractivity contribution is 5.74. The summed E-state index contributed by atoms with van der Waals surface area (Å²) in [6.07, 6.45) is 4.26. The zero-order valence-corrected chi connectivity index (χ0v) is 14.8. The molecular formula is C17H24N6O2. The predicted octanol–water partition coefficient (Wildman–Crippen LogP) is 1.54. The van der Waals surface area contributed by atoms with Crippen molar-refractivity contribution in [3.05, 3.63) is 35.8 Å². The second-order valence-corrected chi connectivity index (χ2v) is 6.37. The third kappa shape index (κ3) is 4.01. The van der Waals surface area contributed by atoms with Crippen molar-refractivity contribution in [3.8, 4) is 5.75 Å². The number of urea groups is 1. The van der Waals surface area contributed by atoms with Crippen LogP contribution in [-0.4, -0.2) is 59.4 Å². The first kappa shape index (κ1) is 17.1. The molecule has 1 saturated heterocycles. The van der Waals surface area contributed by atoms with Crippen LogP contribution >= 0.6 is 0 Å². The van der Waals surface area contributed by atoms with E-state index in [1.165, 1.54) is 0 Å². The summed E-state index contributed by atoms with van der Waals surface area (Å²) in [6, 6.07) is 3.69. The molecule has 1 aliphatic heterocycles. The summed E-state index contributed by atoms with van der Waals surface area (Å²) in [5.41, 5.74) is 1.96. The molecule has 1 fully saturated rings. The average molecular weight is 344 g/mol. The number of rotatable bonds is 5. The number of aromatic amines is 1. The number of amides is 2. The van der Waals surface area contributed by atoms with Crippen LogP contribution in [0.5, 0.6) is 5.75 Å². The Balaban J connectivity index is 1.53. The number of hydrogen-bond donors (Lipinski definition) is 2. The molecular weight excluding hydrogens is 320 g/mol. The molecule has 3 heterocycles. The van der Waals surface area contributed by atoms with E-state index < -0.39 is 0 Å². The Morgan fingerprint density at radius 3 is 3.08 bits per heavy atom. The van der Waals surface area contributed by atoms with Crippen LogP contribution in [0, 0.1) is 6.92 Å². The maximum atomic E-state index is 12.3. The summed E-state index contributed by atoms with van der Waals surface area (Å²) in [5.74, 6) is 1.54. The van der Waals surface area contributed by atoms with E-state index in [1.54, 1.807) is 17.3 Å². The standard InChI is InChI=1S/C17H24N6O2/c1-12-13(10-20-21-12)9-19-17(24)23-8-6-14(11-23)25-15-5-4-7-18-16(15)22(2)3/h4-5,7,10,14H,6,8-9,11H2,1-3H3,(H,19,24)(H,20,21). The van der Waals surface area contributed by atoms with Gasteiger partial charge in [0.2, 0.25) is 0 Å². The molecule has 1 atom stereocenters. The molecule has 8 heteroatoms. The molecule has 1 unspecified atom stereocenters. The lowest BCUT2D eigenvalue weighted by Gasteiger charge is -2.20. The number of carbonyl (C=O) groups excluding carboxylic acids is 1. The van der Waals surface area contributed by atoms with Gasteiger partial charge in [-0.25, -0.2) is 9.78 Å². The molecule has 134 valence electrons. The zero-order valence-electron chi connectivity index (χ0n) is 14.8. The first-order valence-corrected chi connectivity index (χ1v) is 8.35. The summed E-state index contributed by atoms with van der Waals surface area (Å²) in [6.45, 7) is 3.65. The molecule has 0 radical (unpaired) electrons. The van der Waals surface area contributed by atoms with Crippen molar-refractivity contribution >= 4 is 11.8 Å². The van der Waals surface area contributed by atoms with Gasteiger partial charge in [0.15, 0.2) is 11.6 Å². The molecule has 0 bridgehead atoms. The molecule has 2 amide bonds. The van der Waals surface area contributed by atoms with E-state index in [9.17, 15) is 4.79 Å². The number of anilines is 1. The van der Waals surface area contributed by atoms with Crippen LogP contribution in [0.2, 0.25) is 0 Å². The highest BCUT2D eigenvalue weighted by Gasteiger charge is 2.28. The zero-order chi connectivity index (χ0) is 17.8. The second kappa shape index (κ2) is 7.42. The third-order valence-electron chi connectivity index (χ3n) is 4.26. The van der Waals surface area contributed by atoms with E-state index in [-0.39, 0.29) is 12.1 Å². The van der Waals surface area contributed by atoms with Gasteiger partial charge in [0.1, 0.15) is 6.10 Å². The number of pyridine rings is 1. The number of nitrogens with zero attached hydrogens (tertiary/aromatic N) is 4. The molecule has 2 aromatic heterocycles. The fourth-order valence-electron chi connectivity index (χ4n) is 2.83. The molecule has 25 heavy (non-hydrogen) atoms. The Hall–Kier alpha value is -2.77. The normalized spacial score (nSPS) is 16.8. The fraction of sp³-hybridized carbons (Fsp3) is 0.471. The second-order valence-electron chi connectivity index (χ2n) is 6.37. The summed E-state index contributed by atoms with van der Waals surface area (Å²) >= 11 is 0. The van der Waals surface area contributed by atoms with Crippen molar-refractivity contribution in [1.82, 2.24) is 25.4 Å². The molecule has 2 aromatic rings. The van der Waals surface area contributed by atoms with Gasteiger partial charge >= 0.3 is 6.03 Å². The summed E-state index contributed by atoms with van der Waals surface area (Å²) in [4.78, 5) is 20.4. The van der Waals surface area contributed by atoms with Crippen molar-refractivity contribution in [2.45, 2.75) is 26.0 Å². The Morgan fingerprint density at radius 1 is 1.52 bits per heavy atom. The van der Waals surface area contributed by atoms with Gasteiger partial charge in [0, 0.05) is 51.1 Å². The number of likely N-dealkylation sites (tertiary alicyclic amines) is 1. The molecule has 3 rings (SSSR count). The SMILES string of the molecule is Cc1[nH]ncc1CNC(=O)N1CCC(Oc2cccnc2N(C)C)C1. The Labute approximate surface area is 147 Å². The first-order valence-electron chi connectivity index (χ1n) is 8.35. The van der Waals surface area contributed by atoms with Crippen LogP contribution in [-0.2, 0) is 6.54 Å². The molecule has 8 nitrogen and oxygen atoms in total. The van der Waals surface area contributed by atoms with E-state index in [2.05, 4.69) is 20.5 Å². The minimum Gasteiger partial charge on any atom is -0.485 e. The number of ether oxygens (including phenoxy) is 1. The Morgan fingerprint density at radius 2 is 2.36 bits per heavy atom. The predicted molar refractivity (Wildman–Crippen MR) is 94.7 cm³/mol. The maximum absolute atomic E-state index is 12.3. The van der Waals surface area contributed by atoms with Crippen LogP contribution in [0.4, 0.5) is 10.6 Å². The number of aromatic nitrogens is 3. The van der Waals surface area contributed by atoms with Crippen LogP contribution < -0.4 is 15.0 Å². The van der Waals surface area contributed by atoms with Crippen LogP contribution in [0.25, 0.3) is 0 Å². The quantitative estimate of drug-likeness (QED) is 0.859. The summed E-state index contributed by atoms with van der Waals surface area (Å²) < 4.78 is 6.08. The topological polar surface area (TPSA) is 86.4 Å². The van der Waals surface area contributed by atoms with Crippen LogP contribution in [0.3, 0.4) is 0 Å². The first-order chi connectivity index (χ1) is 12.0. The average Bonchev–Trinajstić information content (AvgIpc) is 3.22. The Kier molecular flexibility index (Phi) is 5.06. The van der Waals surface area contributed by atoms with Crippen molar-refractivity contribution in [2.75, 3.05) is 32.1 Å². The largest absolute Gasteiger partial charge is 0.485 e. The molecule has 0 saturated carbocycles. The minimum atomic E-state index is -0.0780. The number of aryl methyl sites for hydroxylation is 1. The van der Waals surface area contributed by atoms with E-state index in [4.69, 9.17) is 4.74 Å². The van der Waals surface area contributed by atoms with Crippen molar-refractivity contribution in [1.29, 1.82) is 0 Å². The van der Waals surface area contributed by atoms with Crippen molar-refractivity contribution in [3.63, 3.8) is 0 Å². The smallest absolute Gasteiger partial charge is 0.317 e. The van der Waals surface area contributed by atoms with E-state index in [1.807, 2.05) is 38.1 Å². The van der Waals surface area contributed by atoms with Crippen LogP contribution in [0.1, 0.15) is 17.7 Å². The molecule has 1 aliphatic rings. The van der Waals surface area contributed by atoms with Crippen molar-refractivity contribution in [2.24, 2.45) is 0 Å². The van der Waals surface area contributed by atoms with E-state index in [0.29, 0.717) is 19.6 Å². The lowest BCUT2D eigenvalue weighted by molar-refractivity contribution is 0.186. The summed E-state index contributed by atoms with van der Waals surface area (Å²) in [5, 5.41) is 9.76. The van der Waals surface area contributed by atoms with Gasteiger partial charge in [0.25, 0.3) is 0 Å². The fourth-order valence-corrected chi connectivity index (χ4v) is 2.83. The van der Waals surface area contributed by atoms with E-state index in [0.717, 1.165) is 29.2 Å². The monoisotopic (exact) mass is 344 g/mol. The van der Waals surface area contributed by atoms with Gasteiger partial charge in [-0.15, -0.1) is 0 Å². The molecule has 0 spiro atoms. The van der Waals surface area contributed by atoms with Gasteiger partial charge in [-0.1, -0.05) is 0 Å². The van der Waals surface area contributed by atoms with Gasteiger partial charge in [0.05, 0.1) is 12.7 Å². The molecule has 0 aromatic carbocycles. The van der Waals surface area contributed by atoms with Gasteiger partial charge in [-0.3, -0.25) is 5.10 Å². The Bertz CT molecular complexity index is 729. The highest BCUT2D eigenvalue weighted by Crippen LogP contribution is 2.26. The number of nitrogens with one attached hydrogen (secondary N) is 2. The van der Waals surface area contributed by atoms with Gasteiger partial charge in [-0.2, -0.15) is 5.10 Å². The van der Waals surface area contributed by atoms with E-state index >= 15 is 0 Å². The maximum Gasteiger partial charge on any atom is 0.317 e. The lowest BCUT2D eigenvalue weighted by Crippen LogP contribution is -2.39. The minimum absolute atomic E-state index is 0.0238. The van der Waals surface area contributed by atoms with Crippen molar-refractivity contribution < 1.29 is 9.53 Å². The highest BCUT2D eigenvalue weighted by atomic mass is 16.5. The number of carbonyl (C=O) groups is 1. The molecule has 0 aliphatic carbocycles. The van der Waals surface area contributed by atoms with Gasteiger partial charge < -0.3 is 19.9 Å². The summed E-state index contributed by atoms with van der Waals surface area (Å²) in [7, 11) is 3.86. The number of hydrogen-bond acceptors (Lipinski definition) is 5. The van der Waals surface area contributed by atoms with Gasteiger partial charge in [-0.05, 0) is 19.1 Å². The lowest BCUT2D eigenvalue weighted by atomic mass is 10.3.